The summed E-state index contributed by atoms with van der Waals surface area (Å²) in [5.41, 5.74) is 0. The Hall–Kier alpha value is 0.354. The fourth-order valence-corrected chi connectivity index (χ4v) is 4.17. The standard InChI is InChI=1S/C11H26O2Si2/c1-2-13-15-10-6-4-8-11(14)7-3-5-9-12-11/h2-10,15H2,1,14H3. The van der Waals surface area contributed by atoms with E-state index in [2.05, 4.69) is 6.92 Å². The molecule has 90 valence electrons. The van der Waals surface area contributed by atoms with Crippen LogP contribution in [0.2, 0.25) is 6.04 Å². The predicted molar refractivity (Wildman–Crippen MR) is 71.3 cm³/mol. The van der Waals surface area contributed by atoms with Gasteiger partial charge in [-0.15, -0.1) is 0 Å². The molecule has 1 rings (SSSR count). The van der Waals surface area contributed by atoms with E-state index in [1.165, 1.54) is 54.8 Å². The highest BCUT2D eigenvalue weighted by Crippen LogP contribution is 2.26. The molecule has 0 aromatic heterocycles. The van der Waals surface area contributed by atoms with Gasteiger partial charge in [-0.05, 0) is 38.7 Å². The zero-order chi connectivity index (χ0) is 11.0. The van der Waals surface area contributed by atoms with Crippen LogP contribution >= 0.6 is 0 Å². The Labute approximate surface area is 99.5 Å². The van der Waals surface area contributed by atoms with Gasteiger partial charge in [0, 0.05) is 28.7 Å². The smallest absolute Gasteiger partial charge is 0.161 e. The van der Waals surface area contributed by atoms with E-state index in [4.69, 9.17) is 9.16 Å². The second kappa shape index (κ2) is 7.60. The van der Waals surface area contributed by atoms with E-state index in [1.54, 1.807) is 0 Å². The molecule has 1 atom stereocenters. The van der Waals surface area contributed by atoms with Gasteiger partial charge in [0.25, 0.3) is 0 Å². The maximum Gasteiger partial charge on any atom is 0.161 e. The highest BCUT2D eigenvalue weighted by molar-refractivity contribution is 6.26. The average Bonchev–Trinajstić information content (AvgIpc) is 2.24. The van der Waals surface area contributed by atoms with Crippen molar-refractivity contribution in [2.24, 2.45) is 0 Å². The normalized spacial score (nSPS) is 27.8. The first kappa shape index (κ1) is 13.4. The first-order valence-electron chi connectivity index (χ1n) is 6.48. The van der Waals surface area contributed by atoms with Crippen LogP contribution in [-0.4, -0.2) is 38.4 Å². The van der Waals surface area contributed by atoms with E-state index in [1.807, 2.05) is 0 Å². The van der Waals surface area contributed by atoms with Crippen molar-refractivity contribution in [3.8, 4) is 0 Å². The summed E-state index contributed by atoms with van der Waals surface area (Å²) in [6.07, 6.45) is 8.00. The van der Waals surface area contributed by atoms with Crippen LogP contribution in [0.25, 0.3) is 0 Å². The highest BCUT2D eigenvalue weighted by atomic mass is 28.2. The van der Waals surface area contributed by atoms with Crippen LogP contribution in [-0.2, 0) is 9.16 Å². The number of unbranched alkanes of at least 4 members (excludes halogenated alkanes) is 1. The largest absolute Gasteiger partial charge is 0.424 e. The quantitative estimate of drug-likeness (QED) is 0.492. The van der Waals surface area contributed by atoms with Crippen molar-refractivity contribution in [1.82, 2.24) is 0 Å². The second-order valence-corrected chi connectivity index (χ2v) is 8.11. The van der Waals surface area contributed by atoms with E-state index in [0.717, 1.165) is 13.2 Å². The van der Waals surface area contributed by atoms with Gasteiger partial charge in [0.05, 0.1) is 0 Å². The number of hydrogen-bond donors (Lipinski definition) is 0. The van der Waals surface area contributed by atoms with Crippen molar-refractivity contribution in [3.05, 3.63) is 0 Å². The molecule has 0 bridgehead atoms. The minimum Gasteiger partial charge on any atom is -0.424 e. The minimum atomic E-state index is -0.186. The van der Waals surface area contributed by atoms with E-state index < -0.39 is 0 Å². The lowest BCUT2D eigenvalue weighted by Gasteiger charge is -2.34. The molecule has 0 aromatic carbocycles. The summed E-state index contributed by atoms with van der Waals surface area (Å²) in [6, 6.07) is 1.35. The first-order chi connectivity index (χ1) is 7.27. The molecule has 0 amide bonds. The maximum absolute atomic E-state index is 5.93. The van der Waals surface area contributed by atoms with Gasteiger partial charge in [-0.1, -0.05) is 12.8 Å². The third kappa shape index (κ3) is 5.85. The number of ether oxygens (including phenoxy) is 1. The molecule has 15 heavy (non-hydrogen) atoms. The highest BCUT2D eigenvalue weighted by Gasteiger charge is 2.26. The molecule has 2 nitrogen and oxygen atoms in total. The molecular formula is C11H26O2Si2. The molecule has 0 N–H and O–H groups in total. The van der Waals surface area contributed by atoms with Crippen molar-refractivity contribution in [3.63, 3.8) is 0 Å². The van der Waals surface area contributed by atoms with Crippen LogP contribution < -0.4 is 0 Å². The Bertz CT molecular complexity index is 159. The summed E-state index contributed by atoms with van der Waals surface area (Å²) < 4.78 is 11.4. The van der Waals surface area contributed by atoms with Crippen LogP contribution in [0, 0.1) is 0 Å². The van der Waals surface area contributed by atoms with Crippen molar-refractivity contribution >= 4 is 20.0 Å². The second-order valence-electron chi connectivity index (χ2n) is 4.76. The van der Waals surface area contributed by atoms with Crippen molar-refractivity contribution in [1.29, 1.82) is 0 Å². The van der Waals surface area contributed by atoms with Gasteiger partial charge in [-0.2, -0.15) is 0 Å². The van der Waals surface area contributed by atoms with E-state index >= 15 is 0 Å². The molecule has 1 unspecified atom stereocenters. The Morgan fingerprint density at radius 1 is 1.40 bits per heavy atom. The van der Waals surface area contributed by atoms with E-state index in [0.29, 0.717) is 5.22 Å². The molecule has 0 aliphatic carbocycles. The van der Waals surface area contributed by atoms with Gasteiger partial charge in [-0.3, -0.25) is 0 Å². The fourth-order valence-electron chi connectivity index (χ4n) is 2.21. The lowest BCUT2D eigenvalue weighted by atomic mass is 10.0. The molecule has 0 spiro atoms. The van der Waals surface area contributed by atoms with Gasteiger partial charge < -0.3 is 9.16 Å². The summed E-state index contributed by atoms with van der Waals surface area (Å²) in [4.78, 5) is 0. The molecule has 1 fully saturated rings. The van der Waals surface area contributed by atoms with Crippen LogP contribution in [0.15, 0.2) is 0 Å². The monoisotopic (exact) mass is 246 g/mol. The third-order valence-corrected chi connectivity index (χ3v) is 6.02. The number of hydrogen-bond acceptors (Lipinski definition) is 2. The summed E-state index contributed by atoms with van der Waals surface area (Å²) in [5, 5.41) is 0.339. The average molecular weight is 246 g/mol. The van der Waals surface area contributed by atoms with Gasteiger partial charge in [0.2, 0.25) is 0 Å². The molecule has 1 aliphatic heterocycles. The molecule has 0 saturated carbocycles. The summed E-state index contributed by atoms with van der Waals surface area (Å²) in [6.45, 7) is 4.02. The Balaban J connectivity index is 1.98. The summed E-state index contributed by atoms with van der Waals surface area (Å²) in [7, 11) is 1.02. The summed E-state index contributed by atoms with van der Waals surface area (Å²) in [5.74, 6) is 0. The van der Waals surface area contributed by atoms with Gasteiger partial charge in [0.1, 0.15) is 0 Å². The van der Waals surface area contributed by atoms with Crippen LogP contribution in [0.4, 0.5) is 0 Å². The Kier molecular flexibility index (Phi) is 6.80. The summed E-state index contributed by atoms with van der Waals surface area (Å²) >= 11 is 0. The van der Waals surface area contributed by atoms with Crippen molar-refractivity contribution in [2.45, 2.75) is 56.7 Å². The first-order valence-corrected chi connectivity index (χ1v) is 9.06. The molecular weight excluding hydrogens is 220 g/mol. The predicted octanol–water partition coefficient (Wildman–Crippen LogP) is 0.958. The fraction of sp³-hybridized carbons (Fsp3) is 1.00. The van der Waals surface area contributed by atoms with E-state index in [-0.39, 0.29) is 9.76 Å². The SMILES string of the molecule is CCO[SiH2]CCCCC1([SiH3])CCCCO1. The molecule has 1 heterocycles. The molecule has 4 heteroatoms. The van der Waals surface area contributed by atoms with Gasteiger partial charge in [0.15, 0.2) is 9.76 Å². The van der Waals surface area contributed by atoms with Crippen LogP contribution in [0.5, 0.6) is 0 Å². The zero-order valence-electron chi connectivity index (χ0n) is 10.4. The van der Waals surface area contributed by atoms with E-state index in [9.17, 15) is 0 Å². The van der Waals surface area contributed by atoms with Crippen LogP contribution in [0.1, 0.15) is 45.4 Å². The Morgan fingerprint density at radius 3 is 2.93 bits per heavy atom. The van der Waals surface area contributed by atoms with Crippen molar-refractivity contribution < 1.29 is 9.16 Å². The van der Waals surface area contributed by atoms with Crippen molar-refractivity contribution in [2.75, 3.05) is 13.2 Å². The lowest BCUT2D eigenvalue weighted by molar-refractivity contribution is -0.0237. The third-order valence-electron chi connectivity index (χ3n) is 3.25. The minimum absolute atomic E-state index is 0.186. The van der Waals surface area contributed by atoms with Gasteiger partial charge in [-0.25, -0.2) is 0 Å². The molecule has 0 aromatic rings. The number of rotatable bonds is 7. The molecule has 1 aliphatic rings. The Morgan fingerprint density at radius 2 is 2.27 bits per heavy atom. The maximum atomic E-state index is 5.93. The van der Waals surface area contributed by atoms with Crippen LogP contribution in [0.3, 0.4) is 0 Å². The topological polar surface area (TPSA) is 18.5 Å². The molecule has 0 radical (unpaired) electrons. The van der Waals surface area contributed by atoms with Gasteiger partial charge >= 0.3 is 0 Å². The molecule has 1 saturated heterocycles. The lowest BCUT2D eigenvalue weighted by Crippen LogP contribution is -2.36. The zero-order valence-corrected chi connectivity index (χ0v) is 13.8.